The highest BCUT2D eigenvalue weighted by Crippen LogP contribution is 2.28. The van der Waals surface area contributed by atoms with Crippen molar-refractivity contribution < 1.29 is 9.18 Å². The van der Waals surface area contributed by atoms with Crippen LogP contribution in [0.25, 0.3) is 0 Å². The Hall–Kier alpha value is -1.91. The topological polar surface area (TPSA) is 32.3 Å². The second-order valence-corrected chi connectivity index (χ2v) is 6.54. The molecule has 126 valence electrons. The van der Waals surface area contributed by atoms with Crippen LogP contribution in [0, 0.1) is 5.82 Å². The molecule has 0 aromatic heterocycles. The van der Waals surface area contributed by atoms with E-state index in [1.807, 2.05) is 24.3 Å². The highest BCUT2D eigenvalue weighted by molar-refractivity contribution is 6.31. The van der Waals surface area contributed by atoms with Gasteiger partial charge in [-0.15, -0.1) is 0 Å². The molecule has 0 bridgehead atoms. The molecule has 0 unspecified atom stereocenters. The van der Waals surface area contributed by atoms with Crippen LogP contribution in [0.15, 0.2) is 48.5 Å². The van der Waals surface area contributed by atoms with Crippen LogP contribution in [0.4, 0.5) is 4.39 Å². The predicted molar refractivity (Wildman–Crippen MR) is 93.1 cm³/mol. The summed E-state index contributed by atoms with van der Waals surface area (Å²) in [6.45, 7) is 1.42. The number of amides is 1. The van der Waals surface area contributed by atoms with E-state index in [1.54, 1.807) is 12.1 Å². The van der Waals surface area contributed by atoms with E-state index in [4.69, 9.17) is 11.6 Å². The summed E-state index contributed by atoms with van der Waals surface area (Å²) in [7, 11) is 0. The Labute approximate surface area is 146 Å². The maximum Gasteiger partial charge on any atom is 0.234 e. The molecule has 5 heteroatoms. The Morgan fingerprint density at radius 3 is 2.54 bits per heavy atom. The van der Waals surface area contributed by atoms with Crippen molar-refractivity contribution in [1.82, 2.24) is 10.2 Å². The zero-order valence-electron chi connectivity index (χ0n) is 13.3. The summed E-state index contributed by atoms with van der Waals surface area (Å²) in [5.74, 6) is -0.266. The van der Waals surface area contributed by atoms with Gasteiger partial charge in [-0.1, -0.05) is 41.9 Å². The van der Waals surface area contributed by atoms with Gasteiger partial charge in [-0.25, -0.2) is 4.39 Å². The average Bonchev–Trinajstić information content (AvgIpc) is 3.40. The van der Waals surface area contributed by atoms with Gasteiger partial charge in [0, 0.05) is 24.2 Å². The molecule has 1 aliphatic carbocycles. The van der Waals surface area contributed by atoms with Crippen LogP contribution in [0.2, 0.25) is 5.02 Å². The molecule has 0 radical (unpaired) electrons. The minimum Gasteiger partial charge on any atom is -0.351 e. The summed E-state index contributed by atoms with van der Waals surface area (Å²) >= 11 is 6.10. The first-order valence-corrected chi connectivity index (χ1v) is 8.48. The molecule has 1 N–H and O–H groups in total. The molecule has 1 amide bonds. The lowest BCUT2D eigenvalue weighted by atomic mass is 10.2. The van der Waals surface area contributed by atoms with E-state index in [9.17, 15) is 9.18 Å². The number of benzene rings is 2. The molecule has 2 aromatic rings. The van der Waals surface area contributed by atoms with Crippen LogP contribution in [0.1, 0.15) is 24.0 Å². The lowest BCUT2D eigenvalue weighted by molar-refractivity contribution is -0.122. The van der Waals surface area contributed by atoms with Crippen molar-refractivity contribution in [1.29, 1.82) is 0 Å². The largest absolute Gasteiger partial charge is 0.351 e. The number of carbonyl (C=O) groups excluding carboxylic acids is 1. The number of halogens is 2. The lowest BCUT2D eigenvalue weighted by Gasteiger charge is -2.21. The fraction of sp³-hybridized carbons (Fsp3) is 0.316. The summed E-state index contributed by atoms with van der Waals surface area (Å²) in [6, 6.07) is 14.4. The second-order valence-electron chi connectivity index (χ2n) is 6.13. The molecular weight excluding hydrogens is 327 g/mol. The van der Waals surface area contributed by atoms with E-state index in [0.29, 0.717) is 30.7 Å². The minimum atomic E-state index is -0.241. The standard InChI is InChI=1S/C19H20ClFN2O/c20-18-4-2-1-3-15(18)11-22-19(24)13-23(17-9-10-17)12-14-5-7-16(21)8-6-14/h1-8,17H,9-13H2,(H,22,24). The number of hydrogen-bond donors (Lipinski definition) is 1. The molecule has 24 heavy (non-hydrogen) atoms. The summed E-state index contributed by atoms with van der Waals surface area (Å²) in [6.07, 6.45) is 2.22. The molecule has 0 saturated heterocycles. The van der Waals surface area contributed by atoms with Crippen molar-refractivity contribution in [3.63, 3.8) is 0 Å². The van der Waals surface area contributed by atoms with E-state index >= 15 is 0 Å². The molecule has 0 aliphatic heterocycles. The number of carbonyl (C=O) groups is 1. The highest BCUT2D eigenvalue weighted by Gasteiger charge is 2.30. The quantitative estimate of drug-likeness (QED) is 0.828. The van der Waals surface area contributed by atoms with Crippen LogP contribution in [0.3, 0.4) is 0 Å². The van der Waals surface area contributed by atoms with Gasteiger partial charge in [0.1, 0.15) is 5.82 Å². The molecular formula is C19H20ClFN2O. The van der Waals surface area contributed by atoms with Gasteiger partial charge in [-0.2, -0.15) is 0 Å². The van der Waals surface area contributed by atoms with Gasteiger partial charge in [-0.3, -0.25) is 9.69 Å². The Morgan fingerprint density at radius 1 is 1.17 bits per heavy atom. The summed E-state index contributed by atoms with van der Waals surface area (Å²) in [5, 5.41) is 3.58. The monoisotopic (exact) mass is 346 g/mol. The van der Waals surface area contributed by atoms with Gasteiger partial charge in [0.2, 0.25) is 5.91 Å². The molecule has 0 heterocycles. The smallest absolute Gasteiger partial charge is 0.234 e. The molecule has 3 rings (SSSR count). The summed E-state index contributed by atoms with van der Waals surface area (Å²) < 4.78 is 13.0. The van der Waals surface area contributed by atoms with Crippen LogP contribution in [-0.2, 0) is 17.9 Å². The second kappa shape index (κ2) is 7.77. The number of hydrogen-bond acceptors (Lipinski definition) is 2. The molecule has 1 aliphatic rings. The van der Waals surface area contributed by atoms with Crippen molar-refractivity contribution in [2.45, 2.75) is 32.0 Å². The third-order valence-corrected chi connectivity index (χ3v) is 4.51. The van der Waals surface area contributed by atoms with Crippen molar-refractivity contribution in [2.75, 3.05) is 6.54 Å². The van der Waals surface area contributed by atoms with Crippen molar-refractivity contribution >= 4 is 17.5 Å². The molecule has 2 aromatic carbocycles. The van der Waals surface area contributed by atoms with Gasteiger partial charge in [-0.05, 0) is 42.2 Å². The van der Waals surface area contributed by atoms with E-state index < -0.39 is 0 Å². The zero-order valence-corrected chi connectivity index (χ0v) is 14.1. The number of nitrogens with zero attached hydrogens (tertiary/aromatic N) is 1. The average molecular weight is 347 g/mol. The van der Waals surface area contributed by atoms with Gasteiger partial charge in [0.05, 0.1) is 6.54 Å². The molecule has 1 saturated carbocycles. The van der Waals surface area contributed by atoms with Crippen molar-refractivity contribution in [3.05, 3.63) is 70.5 Å². The van der Waals surface area contributed by atoms with Crippen LogP contribution < -0.4 is 5.32 Å². The maximum absolute atomic E-state index is 13.0. The van der Waals surface area contributed by atoms with Gasteiger partial charge in [0.15, 0.2) is 0 Å². The lowest BCUT2D eigenvalue weighted by Crippen LogP contribution is -2.37. The van der Waals surface area contributed by atoms with Crippen molar-refractivity contribution in [2.24, 2.45) is 0 Å². The first kappa shape index (κ1) is 16.9. The van der Waals surface area contributed by atoms with Crippen LogP contribution in [0.5, 0.6) is 0 Å². The first-order valence-electron chi connectivity index (χ1n) is 8.10. The highest BCUT2D eigenvalue weighted by atomic mass is 35.5. The summed E-state index contributed by atoms with van der Waals surface area (Å²) in [4.78, 5) is 14.4. The van der Waals surface area contributed by atoms with Gasteiger partial charge in [0.25, 0.3) is 0 Å². The number of rotatable bonds is 7. The van der Waals surface area contributed by atoms with Gasteiger partial charge < -0.3 is 5.32 Å². The van der Waals surface area contributed by atoms with E-state index in [2.05, 4.69) is 10.2 Å². The van der Waals surface area contributed by atoms with Crippen LogP contribution in [-0.4, -0.2) is 23.4 Å². The SMILES string of the molecule is O=C(CN(Cc1ccc(F)cc1)C1CC1)NCc1ccccc1Cl. The van der Waals surface area contributed by atoms with Crippen molar-refractivity contribution in [3.8, 4) is 0 Å². The van der Waals surface area contributed by atoms with E-state index in [-0.39, 0.29) is 11.7 Å². The van der Waals surface area contributed by atoms with Crippen LogP contribution >= 0.6 is 11.6 Å². The number of nitrogens with one attached hydrogen (secondary N) is 1. The predicted octanol–water partition coefficient (Wildman–Crippen LogP) is 3.76. The Kier molecular flexibility index (Phi) is 5.48. The molecule has 0 atom stereocenters. The Bertz CT molecular complexity index is 701. The normalized spacial score (nSPS) is 14.0. The molecule has 3 nitrogen and oxygen atoms in total. The first-order chi connectivity index (χ1) is 11.6. The Balaban J connectivity index is 1.54. The minimum absolute atomic E-state index is 0.0241. The molecule has 1 fully saturated rings. The van der Waals surface area contributed by atoms with E-state index in [1.165, 1.54) is 12.1 Å². The fourth-order valence-corrected chi connectivity index (χ4v) is 2.86. The summed E-state index contributed by atoms with van der Waals surface area (Å²) in [5.41, 5.74) is 1.92. The maximum atomic E-state index is 13.0. The van der Waals surface area contributed by atoms with E-state index in [0.717, 1.165) is 24.0 Å². The van der Waals surface area contributed by atoms with Gasteiger partial charge >= 0.3 is 0 Å². The third kappa shape index (κ3) is 4.79. The fourth-order valence-electron chi connectivity index (χ4n) is 2.65. The molecule has 0 spiro atoms. The zero-order chi connectivity index (χ0) is 16.9. The Morgan fingerprint density at radius 2 is 1.88 bits per heavy atom. The third-order valence-electron chi connectivity index (χ3n) is 4.14.